The molecule has 108 valence electrons. The number of hydrogen-bond acceptors (Lipinski definition) is 4. The Bertz CT molecular complexity index is 785. The van der Waals surface area contributed by atoms with Gasteiger partial charge >= 0.3 is 0 Å². The number of nitrogens with two attached hydrogens (primary N) is 1. The van der Waals surface area contributed by atoms with E-state index in [1.165, 1.54) is 6.07 Å². The summed E-state index contributed by atoms with van der Waals surface area (Å²) < 4.78 is 19.5. The fraction of sp³-hybridized carbons (Fsp3) is 0.133. The molecule has 0 fully saturated rings. The van der Waals surface area contributed by atoms with Crippen molar-refractivity contribution in [3.63, 3.8) is 0 Å². The Kier molecular flexibility index (Phi) is 3.47. The molecule has 0 aliphatic carbocycles. The van der Waals surface area contributed by atoms with E-state index in [1.807, 2.05) is 19.9 Å². The summed E-state index contributed by atoms with van der Waals surface area (Å²) in [5.74, 6) is 0.116. The van der Waals surface area contributed by atoms with Crippen LogP contribution >= 0.6 is 22.9 Å². The maximum Gasteiger partial charge on any atom is 0.187 e. The first-order chi connectivity index (χ1) is 9.99. The monoisotopic (exact) mass is 322 g/mol. The van der Waals surface area contributed by atoms with Crippen LogP contribution in [0.4, 0.5) is 10.2 Å². The number of aryl methyl sites for hydroxylation is 2. The molecule has 0 radical (unpaired) electrons. The van der Waals surface area contributed by atoms with Crippen LogP contribution in [0.25, 0.3) is 21.8 Å². The molecule has 2 aromatic heterocycles. The highest BCUT2D eigenvalue weighted by Crippen LogP contribution is 2.43. The maximum absolute atomic E-state index is 14.2. The molecule has 0 aliphatic heterocycles. The smallest absolute Gasteiger partial charge is 0.187 e. The molecule has 0 atom stereocenters. The lowest BCUT2D eigenvalue weighted by Crippen LogP contribution is -1.92. The Morgan fingerprint density at radius 2 is 2.05 bits per heavy atom. The molecule has 2 N–H and O–H groups in total. The molecular weight excluding hydrogens is 311 g/mol. The summed E-state index contributed by atoms with van der Waals surface area (Å²) in [6.07, 6.45) is 0. The van der Waals surface area contributed by atoms with Crippen LogP contribution in [-0.2, 0) is 0 Å². The number of hydrogen-bond donors (Lipinski definition) is 1. The van der Waals surface area contributed by atoms with Crippen LogP contribution in [0.3, 0.4) is 0 Å². The predicted molar refractivity (Wildman–Crippen MR) is 84.1 cm³/mol. The van der Waals surface area contributed by atoms with Crippen molar-refractivity contribution in [2.75, 3.05) is 5.73 Å². The van der Waals surface area contributed by atoms with Crippen molar-refractivity contribution >= 4 is 28.8 Å². The van der Waals surface area contributed by atoms with Gasteiger partial charge in [-0.25, -0.2) is 4.39 Å². The number of nitrogens with zero attached hydrogens (tertiary/aromatic N) is 1. The van der Waals surface area contributed by atoms with Crippen molar-refractivity contribution in [1.82, 2.24) is 5.16 Å². The van der Waals surface area contributed by atoms with Crippen molar-refractivity contribution in [3.05, 3.63) is 45.5 Å². The lowest BCUT2D eigenvalue weighted by atomic mass is 10.0. The van der Waals surface area contributed by atoms with Gasteiger partial charge in [0.25, 0.3) is 0 Å². The van der Waals surface area contributed by atoms with Gasteiger partial charge < -0.3 is 10.3 Å². The fourth-order valence-corrected chi connectivity index (χ4v) is 3.41. The molecule has 0 saturated carbocycles. The summed E-state index contributed by atoms with van der Waals surface area (Å²) in [5, 5.41) is 4.05. The number of rotatable bonds is 2. The van der Waals surface area contributed by atoms with Gasteiger partial charge in [-0.3, -0.25) is 0 Å². The second-order valence-corrected chi connectivity index (χ2v) is 6.38. The zero-order valence-corrected chi connectivity index (χ0v) is 13.0. The van der Waals surface area contributed by atoms with Gasteiger partial charge in [-0.1, -0.05) is 22.8 Å². The van der Waals surface area contributed by atoms with Crippen LogP contribution in [0.2, 0.25) is 5.02 Å². The second kappa shape index (κ2) is 5.16. The van der Waals surface area contributed by atoms with Gasteiger partial charge in [-0.05, 0) is 37.6 Å². The van der Waals surface area contributed by atoms with Crippen molar-refractivity contribution < 1.29 is 8.91 Å². The van der Waals surface area contributed by atoms with Crippen molar-refractivity contribution in [2.45, 2.75) is 13.8 Å². The summed E-state index contributed by atoms with van der Waals surface area (Å²) in [5.41, 5.74) is 7.62. The Balaban J connectivity index is 2.27. The predicted octanol–water partition coefficient (Wildman–Crippen LogP) is 5.06. The van der Waals surface area contributed by atoms with E-state index >= 15 is 0 Å². The summed E-state index contributed by atoms with van der Waals surface area (Å²) in [6, 6.07) is 6.46. The quantitative estimate of drug-likeness (QED) is 0.717. The standard InChI is InChI=1S/C15H12ClFN2OS/c1-7-6-11(21-8(7)2)14-13(15(18)19-20-14)12-9(16)4-3-5-10(12)17/h3-6H,1-2H3,(H2,18,19). The minimum absolute atomic E-state index is 0.126. The van der Waals surface area contributed by atoms with Gasteiger partial charge in [0.2, 0.25) is 0 Å². The lowest BCUT2D eigenvalue weighted by Gasteiger charge is -2.05. The third-order valence-electron chi connectivity index (χ3n) is 3.32. The number of anilines is 1. The Hall–Kier alpha value is -1.85. The van der Waals surface area contributed by atoms with Gasteiger partial charge in [-0.15, -0.1) is 11.3 Å². The molecular formula is C15H12ClFN2OS. The second-order valence-electron chi connectivity index (χ2n) is 4.72. The summed E-state index contributed by atoms with van der Waals surface area (Å²) in [7, 11) is 0. The molecule has 0 spiro atoms. The van der Waals surface area contributed by atoms with Gasteiger partial charge in [0, 0.05) is 10.4 Å². The lowest BCUT2D eigenvalue weighted by molar-refractivity contribution is 0.437. The van der Waals surface area contributed by atoms with Gasteiger partial charge in [0.05, 0.1) is 15.5 Å². The van der Waals surface area contributed by atoms with E-state index < -0.39 is 5.82 Å². The van der Waals surface area contributed by atoms with Gasteiger partial charge in [-0.2, -0.15) is 0 Å². The summed E-state index contributed by atoms with van der Waals surface area (Å²) >= 11 is 7.67. The van der Waals surface area contributed by atoms with Crippen molar-refractivity contribution in [2.24, 2.45) is 0 Å². The molecule has 0 saturated heterocycles. The van der Waals surface area contributed by atoms with Crippen LogP contribution in [0.1, 0.15) is 10.4 Å². The summed E-state index contributed by atoms with van der Waals surface area (Å²) in [6.45, 7) is 4.02. The molecule has 3 aromatic rings. The molecule has 0 aliphatic rings. The third kappa shape index (κ3) is 2.32. The van der Waals surface area contributed by atoms with E-state index in [-0.39, 0.29) is 16.4 Å². The molecule has 3 rings (SSSR count). The average Bonchev–Trinajstić information content (AvgIpc) is 2.94. The average molecular weight is 323 g/mol. The highest BCUT2D eigenvalue weighted by Gasteiger charge is 2.24. The Morgan fingerprint density at radius 1 is 1.29 bits per heavy atom. The normalized spacial score (nSPS) is 11.0. The summed E-state index contributed by atoms with van der Waals surface area (Å²) in [4.78, 5) is 2.01. The first-order valence-corrected chi connectivity index (χ1v) is 7.45. The van der Waals surface area contributed by atoms with Crippen LogP contribution < -0.4 is 5.73 Å². The molecule has 3 nitrogen and oxygen atoms in total. The van der Waals surface area contributed by atoms with E-state index in [4.69, 9.17) is 21.9 Å². The Labute approximate surface area is 130 Å². The molecule has 0 bridgehead atoms. The zero-order chi connectivity index (χ0) is 15.1. The molecule has 0 unspecified atom stereocenters. The highest BCUT2D eigenvalue weighted by atomic mass is 35.5. The van der Waals surface area contributed by atoms with E-state index in [2.05, 4.69) is 5.16 Å². The largest absolute Gasteiger partial charge is 0.380 e. The van der Waals surface area contributed by atoms with Gasteiger partial charge in [0.15, 0.2) is 11.6 Å². The molecule has 1 aromatic carbocycles. The number of thiophene rings is 1. The SMILES string of the molecule is Cc1cc(-c2onc(N)c2-c2c(F)cccc2Cl)sc1C. The highest BCUT2D eigenvalue weighted by molar-refractivity contribution is 7.15. The topological polar surface area (TPSA) is 52.0 Å². The fourth-order valence-electron chi connectivity index (χ4n) is 2.13. The minimum Gasteiger partial charge on any atom is -0.380 e. The Morgan fingerprint density at radius 3 is 2.67 bits per heavy atom. The van der Waals surface area contributed by atoms with E-state index in [1.54, 1.807) is 23.5 Å². The number of benzene rings is 1. The van der Waals surface area contributed by atoms with Crippen LogP contribution in [0.15, 0.2) is 28.8 Å². The zero-order valence-electron chi connectivity index (χ0n) is 11.4. The van der Waals surface area contributed by atoms with Crippen LogP contribution in [-0.4, -0.2) is 5.16 Å². The number of nitrogen functional groups attached to an aromatic ring is 1. The maximum atomic E-state index is 14.2. The number of halogens is 2. The van der Waals surface area contributed by atoms with Crippen molar-refractivity contribution in [1.29, 1.82) is 0 Å². The van der Waals surface area contributed by atoms with E-state index in [0.29, 0.717) is 11.3 Å². The molecule has 6 heteroatoms. The van der Waals surface area contributed by atoms with E-state index in [0.717, 1.165) is 15.3 Å². The third-order valence-corrected chi connectivity index (χ3v) is 4.79. The first kappa shape index (κ1) is 14.1. The van der Waals surface area contributed by atoms with Crippen LogP contribution in [0.5, 0.6) is 0 Å². The molecule has 2 heterocycles. The molecule has 21 heavy (non-hydrogen) atoms. The minimum atomic E-state index is -0.455. The van der Waals surface area contributed by atoms with Gasteiger partial charge in [0.1, 0.15) is 5.82 Å². The molecule has 0 amide bonds. The van der Waals surface area contributed by atoms with Crippen molar-refractivity contribution in [3.8, 4) is 21.8 Å². The number of aromatic nitrogens is 1. The van der Waals surface area contributed by atoms with E-state index in [9.17, 15) is 4.39 Å². The first-order valence-electron chi connectivity index (χ1n) is 6.26. The van der Waals surface area contributed by atoms with Crippen LogP contribution in [0, 0.1) is 19.7 Å².